The highest BCUT2D eigenvalue weighted by Gasteiger charge is 1.88. The van der Waals surface area contributed by atoms with Gasteiger partial charge in [-0.3, -0.25) is 4.79 Å². The van der Waals surface area contributed by atoms with Crippen molar-refractivity contribution in [1.29, 1.82) is 0 Å². The lowest BCUT2D eigenvalue weighted by atomic mass is 10.1. The largest absolute Gasteiger partial charge is 0.370 e. The molecule has 2 heteroatoms. The Bertz CT molecular complexity index is 441. The Morgan fingerprint density at radius 1 is 0.640 bits per heavy atom. The van der Waals surface area contributed by atoms with Gasteiger partial charge in [-0.1, -0.05) is 93.4 Å². The molecule has 2 nitrogen and oxygen atoms in total. The highest BCUT2D eigenvalue weighted by atomic mass is 16.1. The van der Waals surface area contributed by atoms with Crippen LogP contribution in [0, 0.1) is 0 Å². The van der Waals surface area contributed by atoms with Gasteiger partial charge in [-0.25, -0.2) is 0 Å². The van der Waals surface area contributed by atoms with E-state index in [9.17, 15) is 4.79 Å². The quantitative estimate of drug-likeness (QED) is 0.192. The van der Waals surface area contributed by atoms with Crippen molar-refractivity contribution in [2.75, 3.05) is 0 Å². The number of amides is 1. The standard InChI is InChI=1S/C23H37NO/c1-2-3-4-5-6-7-8-9-10-11-12-13-14-15-16-17-18-19-20-21-22-23(24)25/h5-6,13-20H,2-4,7-12,21-22H2,1H3,(H2,24,25)/b6-5+,14-13+,16-15+,18-17+,20-19+. The first kappa shape index (κ1) is 23.2. The third-order valence-electron chi connectivity index (χ3n) is 3.77. The molecule has 25 heavy (non-hydrogen) atoms. The van der Waals surface area contributed by atoms with Gasteiger partial charge in [0.05, 0.1) is 0 Å². The Balaban J connectivity index is 3.42. The number of hydrogen-bond donors (Lipinski definition) is 1. The van der Waals surface area contributed by atoms with Gasteiger partial charge in [0.1, 0.15) is 0 Å². The second-order valence-electron chi connectivity index (χ2n) is 6.24. The smallest absolute Gasteiger partial charge is 0.217 e. The molecule has 140 valence electrons. The number of allylic oxidation sites excluding steroid dienone is 10. The Morgan fingerprint density at radius 2 is 1.12 bits per heavy atom. The van der Waals surface area contributed by atoms with E-state index in [2.05, 4.69) is 37.3 Å². The number of carbonyl (C=O) groups is 1. The van der Waals surface area contributed by atoms with Gasteiger partial charge >= 0.3 is 0 Å². The molecule has 1 amide bonds. The zero-order valence-electron chi connectivity index (χ0n) is 16.0. The van der Waals surface area contributed by atoms with Crippen LogP contribution in [-0.2, 0) is 4.79 Å². The summed E-state index contributed by atoms with van der Waals surface area (Å²) < 4.78 is 0. The third kappa shape index (κ3) is 22.2. The second-order valence-corrected chi connectivity index (χ2v) is 6.24. The van der Waals surface area contributed by atoms with Gasteiger partial charge in [-0.05, 0) is 38.5 Å². The van der Waals surface area contributed by atoms with Gasteiger partial charge in [-0.15, -0.1) is 0 Å². The van der Waals surface area contributed by atoms with E-state index in [1.165, 1.54) is 51.4 Å². The van der Waals surface area contributed by atoms with Gasteiger partial charge < -0.3 is 5.73 Å². The predicted molar refractivity (Wildman–Crippen MR) is 111 cm³/mol. The van der Waals surface area contributed by atoms with Crippen LogP contribution < -0.4 is 5.73 Å². The normalized spacial score (nSPS) is 12.7. The van der Waals surface area contributed by atoms with Crippen molar-refractivity contribution in [3.05, 3.63) is 60.8 Å². The monoisotopic (exact) mass is 343 g/mol. The van der Waals surface area contributed by atoms with Crippen molar-refractivity contribution in [2.24, 2.45) is 5.73 Å². The molecule has 0 rings (SSSR count). The molecule has 0 bridgehead atoms. The fourth-order valence-electron chi connectivity index (χ4n) is 2.27. The third-order valence-corrected chi connectivity index (χ3v) is 3.77. The molecule has 0 aliphatic heterocycles. The van der Waals surface area contributed by atoms with Crippen molar-refractivity contribution in [3.8, 4) is 0 Å². The van der Waals surface area contributed by atoms with Crippen LogP contribution >= 0.6 is 0 Å². The highest BCUT2D eigenvalue weighted by Crippen LogP contribution is 2.07. The van der Waals surface area contributed by atoms with Crippen LogP contribution in [0.15, 0.2) is 60.8 Å². The van der Waals surface area contributed by atoms with Gasteiger partial charge in [0.2, 0.25) is 5.91 Å². The Morgan fingerprint density at radius 3 is 1.68 bits per heavy atom. The maximum atomic E-state index is 10.5. The molecule has 0 saturated heterocycles. The Labute approximate surface area is 155 Å². The molecule has 0 saturated carbocycles. The van der Waals surface area contributed by atoms with Crippen LogP contribution in [0.2, 0.25) is 0 Å². The summed E-state index contributed by atoms with van der Waals surface area (Å²) in [5, 5.41) is 0. The second kappa shape index (κ2) is 20.2. The summed E-state index contributed by atoms with van der Waals surface area (Å²) in [6, 6.07) is 0. The van der Waals surface area contributed by atoms with Crippen molar-refractivity contribution in [3.63, 3.8) is 0 Å². The SMILES string of the molecule is CCCC/C=C/CCCCCC/C=C/C=C/C=C/C=C/CCC(N)=O. The summed E-state index contributed by atoms with van der Waals surface area (Å²) in [4.78, 5) is 10.5. The van der Waals surface area contributed by atoms with E-state index in [4.69, 9.17) is 5.73 Å². The molecule has 0 aliphatic carbocycles. The Kier molecular flexibility index (Phi) is 18.7. The number of rotatable bonds is 16. The lowest BCUT2D eigenvalue weighted by Crippen LogP contribution is -2.08. The van der Waals surface area contributed by atoms with E-state index in [1.54, 1.807) is 0 Å². The lowest BCUT2D eigenvalue weighted by Gasteiger charge is -1.96. The van der Waals surface area contributed by atoms with Crippen molar-refractivity contribution < 1.29 is 4.79 Å². The molecule has 0 fully saturated rings. The van der Waals surface area contributed by atoms with Gasteiger partial charge in [0.25, 0.3) is 0 Å². The molecule has 0 spiro atoms. The zero-order valence-corrected chi connectivity index (χ0v) is 16.0. The average Bonchev–Trinajstić information content (AvgIpc) is 2.60. The molecule has 0 aliphatic rings. The summed E-state index contributed by atoms with van der Waals surface area (Å²) in [7, 11) is 0. The van der Waals surface area contributed by atoms with E-state index in [0.717, 1.165) is 6.42 Å². The van der Waals surface area contributed by atoms with E-state index >= 15 is 0 Å². The minimum absolute atomic E-state index is 0.252. The molecule has 0 aromatic rings. The summed E-state index contributed by atoms with van der Waals surface area (Å²) >= 11 is 0. The van der Waals surface area contributed by atoms with Gasteiger partial charge in [0, 0.05) is 6.42 Å². The Hall–Kier alpha value is -1.83. The fraction of sp³-hybridized carbons (Fsp3) is 0.522. The van der Waals surface area contributed by atoms with Crippen molar-refractivity contribution in [2.45, 2.75) is 77.6 Å². The number of hydrogen-bond acceptors (Lipinski definition) is 1. The lowest BCUT2D eigenvalue weighted by molar-refractivity contribution is -0.117. The summed E-state index contributed by atoms with van der Waals surface area (Å²) in [6.45, 7) is 2.24. The highest BCUT2D eigenvalue weighted by molar-refractivity contribution is 5.73. The molecule has 0 aromatic heterocycles. The number of primary amides is 1. The predicted octanol–water partition coefficient (Wildman–Crippen LogP) is 6.56. The van der Waals surface area contributed by atoms with E-state index in [-0.39, 0.29) is 5.91 Å². The topological polar surface area (TPSA) is 43.1 Å². The molecule has 0 unspecified atom stereocenters. The summed E-state index contributed by atoms with van der Waals surface area (Å²) in [6.07, 6.45) is 33.6. The van der Waals surface area contributed by atoms with Crippen LogP contribution in [0.3, 0.4) is 0 Å². The van der Waals surface area contributed by atoms with Crippen LogP contribution in [-0.4, -0.2) is 5.91 Å². The molecule has 0 aromatic carbocycles. The van der Waals surface area contributed by atoms with Crippen LogP contribution in [0.4, 0.5) is 0 Å². The first-order valence-electron chi connectivity index (χ1n) is 9.85. The van der Waals surface area contributed by atoms with Crippen LogP contribution in [0.1, 0.15) is 77.6 Å². The first-order chi connectivity index (χ1) is 12.3. The number of nitrogens with two attached hydrogens (primary N) is 1. The van der Waals surface area contributed by atoms with Gasteiger partial charge in [-0.2, -0.15) is 0 Å². The average molecular weight is 344 g/mol. The van der Waals surface area contributed by atoms with Crippen molar-refractivity contribution >= 4 is 5.91 Å². The van der Waals surface area contributed by atoms with Crippen LogP contribution in [0.25, 0.3) is 0 Å². The number of unbranched alkanes of at least 4 members (excludes halogenated alkanes) is 7. The maximum Gasteiger partial charge on any atom is 0.217 e. The summed E-state index contributed by atoms with van der Waals surface area (Å²) in [5.74, 6) is -0.252. The van der Waals surface area contributed by atoms with Crippen LogP contribution in [0.5, 0.6) is 0 Å². The zero-order chi connectivity index (χ0) is 18.4. The minimum atomic E-state index is -0.252. The van der Waals surface area contributed by atoms with Gasteiger partial charge in [0.15, 0.2) is 0 Å². The molecular formula is C23H37NO. The minimum Gasteiger partial charge on any atom is -0.370 e. The maximum absolute atomic E-state index is 10.5. The van der Waals surface area contributed by atoms with Crippen molar-refractivity contribution in [1.82, 2.24) is 0 Å². The summed E-state index contributed by atoms with van der Waals surface area (Å²) in [5.41, 5.74) is 5.06. The van der Waals surface area contributed by atoms with E-state index in [0.29, 0.717) is 12.8 Å². The molecule has 2 N–H and O–H groups in total. The fourth-order valence-corrected chi connectivity index (χ4v) is 2.27. The van der Waals surface area contributed by atoms with E-state index in [1.807, 2.05) is 30.4 Å². The molecule has 0 atom stereocenters. The van der Waals surface area contributed by atoms with E-state index < -0.39 is 0 Å². The first-order valence-corrected chi connectivity index (χ1v) is 9.85. The molecular weight excluding hydrogens is 306 g/mol. The number of carbonyl (C=O) groups excluding carboxylic acids is 1. The molecule has 0 heterocycles. The molecule has 0 radical (unpaired) electrons.